The third-order valence-electron chi connectivity index (χ3n) is 5.35. The van der Waals surface area contributed by atoms with Gasteiger partial charge in [-0.1, -0.05) is 24.3 Å². The summed E-state index contributed by atoms with van der Waals surface area (Å²) in [4.78, 5) is -0.382. The van der Waals surface area contributed by atoms with E-state index in [-0.39, 0.29) is 24.3 Å². The zero-order valence-corrected chi connectivity index (χ0v) is 17.9. The minimum Gasteiger partial charge on any atom is -0.373 e. The molecule has 0 bridgehead atoms. The molecule has 0 aromatic heterocycles. The number of hydrogen-bond donors (Lipinski definition) is 0. The third kappa shape index (κ3) is 4.26. The summed E-state index contributed by atoms with van der Waals surface area (Å²) in [7, 11) is -7.75. The van der Waals surface area contributed by atoms with Gasteiger partial charge in [-0.25, -0.2) is 16.8 Å². The largest absolute Gasteiger partial charge is 0.416 e. The molecule has 5 nitrogen and oxygen atoms in total. The molecule has 0 aliphatic carbocycles. The second kappa shape index (κ2) is 7.65. The van der Waals surface area contributed by atoms with Crippen molar-refractivity contribution in [1.82, 2.24) is 0 Å². The Balaban J connectivity index is 2.02. The fourth-order valence-corrected chi connectivity index (χ4v) is 6.41. The van der Waals surface area contributed by atoms with E-state index in [1.807, 2.05) is 0 Å². The zero-order chi connectivity index (χ0) is 22.4. The molecule has 0 N–H and O–H groups in total. The van der Waals surface area contributed by atoms with Gasteiger partial charge in [0.25, 0.3) is 0 Å². The first kappa shape index (κ1) is 22.8. The Morgan fingerprint density at radius 3 is 2.33 bits per heavy atom. The van der Waals surface area contributed by atoms with Gasteiger partial charge in [0.2, 0.25) is 0 Å². The third-order valence-corrected chi connectivity index (χ3v) is 9.07. The number of hydrogen-bond acceptors (Lipinski definition) is 5. The fourth-order valence-electron chi connectivity index (χ4n) is 3.62. The summed E-state index contributed by atoms with van der Waals surface area (Å²) in [6, 6.07) is 9.82. The number of rotatable bonds is 4. The molecule has 1 heterocycles. The van der Waals surface area contributed by atoms with E-state index in [2.05, 4.69) is 0 Å². The van der Waals surface area contributed by atoms with Gasteiger partial charge < -0.3 is 4.74 Å². The molecule has 30 heavy (non-hydrogen) atoms. The van der Waals surface area contributed by atoms with Crippen LogP contribution in [0.25, 0.3) is 0 Å². The van der Waals surface area contributed by atoms with Crippen molar-refractivity contribution < 1.29 is 34.7 Å². The van der Waals surface area contributed by atoms with Crippen LogP contribution in [0.5, 0.6) is 0 Å². The van der Waals surface area contributed by atoms with Crippen LogP contribution in [0.3, 0.4) is 0 Å². The van der Waals surface area contributed by atoms with E-state index in [1.54, 1.807) is 18.2 Å². The van der Waals surface area contributed by atoms with E-state index in [9.17, 15) is 30.0 Å². The molecule has 1 saturated heterocycles. The molecule has 2 aromatic rings. The molecule has 2 atom stereocenters. The lowest BCUT2D eigenvalue weighted by atomic mass is 9.92. The van der Waals surface area contributed by atoms with E-state index >= 15 is 0 Å². The van der Waals surface area contributed by atoms with Gasteiger partial charge in [-0.15, -0.1) is 0 Å². The van der Waals surface area contributed by atoms with E-state index in [1.165, 1.54) is 13.0 Å². The summed E-state index contributed by atoms with van der Waals surface area (Å²) in [6.07, 6.45) is -4.46. The van der Waals surface area contributed by atoms with Crippen molar-refractivity contribution in [3.63, 3.8) is 0 Å². The molecule has 1 fully saturated rings. The van der Waals surface area contributed by atoms with E-state index in [4.69, 9.17) is 4.74 Å². The van der Waals surface area contributed by atoms with Crippen LogP contribution in [0.15, 0.2) is 58.3 Å². The maximum atomic E-state index is 13.3. The minimum atomic E-state index is -4.67. The Morgan fingerprint density at radius 1 is 1.03 bits per heavy atom. The van der Waals surface area contributed by atoms with Crippen molar-refractivity contribution in [3.8, 4) is 0 Å². The molecule has 164 valence electrons. The molecule has 0 radical (unpaired) electrons. The Kier molecular flexibility index (Phi) is 5.81. The second-order valence-electron chi connectivity index (χ2n) is 7.60. The highest BCUT2D eigenvalue weighted by molar-refractivity contribution is 7.92. The predicted molar refractivity (Wildman–Crippen MR) is 105 cm³/mol. The lowest BCUT2D eigenvalue weighted by molar-refractivity contribution is -0.137. The second-order valence-corrected chi connectivity index (χ2v) is 12.1. The summed E-state index contributed by atoms with van der Waals surface area (Å²) in [5.41, 5.74) is -0.705. The van der Waals surface area contributed by atoms with Gasteiger partial charge in [0, 0.05) is 12.9 Å². The van der Waals surface area contributed by atoms with Gasteiger partial charge in [0.1, 0.15) is 0 Å². The first-order valence-electron chi connectivity index (χ1n) is 9.08. The summed E-state index contributed by atoms with van der Waals surface area (Å²) >= 11 is 0. The molecule has 1 unspecified atom stereocenters. The van der Waals surface area contributed by atoms with Gasteiger partial charge in [-0.3, -0.25) is 0 Å². The van der Waals surface area contributed by atoms with Crippen LogP contribution in [-0.2, 0) is 30.6 Å². The maximum Gasteiger partial charge on any atom is 0.416 e. The van der Waals surface area contributed by atoms with Crippen molar-refractivity contribution in [3.05, 3.63) is 59.7 Å². The van der Waals surface area contributed by atoms with Crippen LogP contribution in [0.4, 0.5) is 13.2 Å². The lowest BCUT2D eigenvalue weighted by Gasteiger charge is -2.38. The van der Waals surface area contributed by atoms with Crippen LogP contribution in [-0.4, -0.2) is 34.4 Å². The molecule has 1 aliphatic heterocycles. The Hall–Kier alpha value is -1.91. The quantitative estimate of drug-likeness (QED) is 0.681. The van der Waals surface area contributed by atoms with Crippen molar-refractivity contribution in [2.24, 2.45) is 0 Å². The van der Waals surface area contributed by atoms with Crippen molar-refractivity contribution in [2.45, 2.75) is 46.6 Å². The molecule has 0 spiro atoms. The topological polar surface area (TPSA) is 77.5 Å². The molecular formula is C20H21F3O5S2. The standard InChI is InChI=1S/C20H21F3O5S2/c1-19(30(26,27)15-7-5-6-14(12-15)20(21,22)23)10-11-28-17(13-19)16-8-3-4-9-18(16)29(2,24)25/h3-9,12,17H,10-11,13H2,1-2H3/t17?,19-/m0/s1. The van der Waals surface area contributed by atoms with E-state index in [0.29, 0.717) is 11.6 Å². The highest BCUT2D eigenvalue weighted by atomic mass is 32.2. The molecule has 1 aliphatic rings. The summed E-state index contributed by atoms with van der Waals surface area (Å²) in [5.74, 6) is 0. The highest BCUT2D eigenvalue weighted by Gasteiger charge is 2.46. The van der Waals surface area contributed by atoms with Gasteiger partial charge in [-0.05, 0) is 49.6 Å². The number of halogens is 3. The number of benzene rings is 2. The van der Waals surface area contributed by atoms with Crippen LogP contribution in [0.2, 0.25) is 0 Å². The summed E-state index contributed by atoms with van der Waals surface area (Å²) in [5, 5.41) is 0. The van der Waals surface area contributed by atoms with Crippen molar-refractivity contribution >= 4 is 19.7 Å². The van der Waals surface area contributed by atoms with Crippen molar-refractivity contribution in [2.75, 3.05) is 12.9 Å². The number of ether oxygens (including phenoxy) is 1. The van der Waals surface area contributed by atoms with E-state index in [0.717, 1.165) is 24.5 Å². The molecule has 10 heteroatoms. The first-order chi connectivity index (χ1) is 13.8. The van der Waals surface area contributed by atoms with Gasteiger partial charge >= 0.3 is 6.18 Å². The lowest BCUT2D eigenvalue weighted by Crippen LogP contribution is -2.42. The SMILES string of the molecule is C[C@]1(S(=O)(=O)c2cccc(C(F)(F)F)c2)CCOC(c2ccccc2S(C)(=O)=O)C1. The van der Waals surface area contributed by atoms with Crippen LogP contribution in [0.1, 0.15) is 37.0 Å². The van der Waals surface area contributed by atoms with E-state index < -0.39 is 47.2 Å². The summed E-state index contributed by atoms with van der Waals surface area (Å²) in [6.45, 7) is 1.48. The predicted octanol–water partition coefficient (Wildman–Crippen LogP) is 4.19. The van der Waals surface area contributed by atoms with Crippen molar-refractivity contribution in [1.29, 1.82) is 0 Å². The average molecular weight is 463 g/mol. The Labute approximate surface area is 173 Å². The average Bonchev–Trinajstić information content (AvgIpc) is 2.67. The molecule has 0 saturated carbocycles. The summed E-state index contributed by atoms with van der Waals surface area (Å²) < 4.78 is 94.3. The minimum absolute atomic E-state index is 0.0253. The number of alkyl halides is 3. The highest BCUT2D eigenvalue weighted by Crippen LogP contribution is 2.43. The number of sulfone groups is 2. The van der Waals surface area contributed by atoms with Gasteiger partial charge in [-0.2, -0.15) is 13.2 Å². The molecule has 2 aromatic carbocycles. The normalized spacial score (nSPS) is 23.3. The van der Waals surface area contributed by atoms with Gasteiger partial charge in [0.15, 0.2) is 19.7 Å². The first-order valence-corrected chi connectivity index (χ1v) is 12.5. The van der Waals surface area contributed by atoms with Gasteiger partial charge in [0.05, 0.1) is 26.2 Å². The Bertz CT molecular complexity index is 1160. The smallest absolute Gasteiger partial charge is 0.373 e. The van der Waals surface area contributed by atoms with Crippen LogP contribution in [0, 0.1) is 0 Å². The fraction of sp³-hybridized carbons (Fsp3) is 0.400. The monoisotopic (exact) mass is 462 g/mol. The zero-order valence-electron chi connectivity index (χ0n) is 16.3. The maximum absolute atomic E-state index is 13.3. The van der Waals surface area contributed by atoms with Crippen LogP contribution >= 0.6 is 0 Å². The molecule has 0 amide bonds. The Morgan fingerprint density at radius 2 is 1.70 bits per heavy atom. The van der Waals surface area contributed by atoms with Crippen LogP contribution < -0.4 is 0 Å². The molecular weight excluding hydrogens is 441 g/mol. The molecule has 3 rings (SSSR count).